The number of rotatable bonds is 6. The van der Waals surface area contributed by atoms with E-state index in [1.165, 1.54) is 18.3 Å². The maximum atomic E-state index is 11.8. The zero-order valence-electron chi connectivity index (χ0n) is 11.7. The fraction of sp³-hybridized carbons (Fsp3) is 0.286. The molecule has 0 unspecified atom stereocenters. The molecule has 2 aromatic heterocycles. The van der Waals surface area contributed by atoms with Crippen LogP contribution in [0.5, 0.6) is 0 Å². The number of carbonyl (C=O) groups is 2. The molecular weight excluding hydrogens is 270 g/mol. The van der Waals surface area contributed by atoms with Crippen molar-refractivity contribution in [1.29, 1.82) is 0 Å². The summed E-state index contributed by atoms with van der Waals surface area (Å²) in [5, 5.41) is 6.86. The van der Waals surface area contributed by atoms with Gasteiger partial charge in [-0.25, -0.2) is 0 Å². The first kappa shape index (κ1) is 14.7. The van der Waals surface area contributed by atoms with E-state index >= 15 is 0 Å². The molecule has 21 heavy (non-hydrogen) atoms. The summed E-state index contributed by atoms with van der Waals surface area (Å²) >= 11 is 0. The zero-order chi connectivity index (χ0) is 15.2. The van der Waals surface area contributed by atoms with Gasteiger partial charge in [0.15, 0.2) is 0 Å². The minimum absolute atomic E-state index is 0.265. The molecule has 0 aliphatic heterocycles. The number of amides is 2. The van der Waals surface area contributed by atoms with Crippen LogP contribution in [0.3, 0.4) is 0 Å². The van der Waals surface area contributed by atoms with Gasteiger partial charge in [0, 0.05) is 26.0 Å². The van der Waals surface area contributed by atoms with Crippen LogP contribution in [-0.2, 0) is 13.5 Å². The van der Waals surface area contributed by atoms with E-state index in [2.05, 4.69) is 15.4 Å². The maximum Gasteiger partial charge on any atom is 0.269 e. The molecule has 0 aliphatic rings. The molecule has 2 heterocycles. The van der Waals surface area contributed by atoms with E-state index < -0.39 is 5.91 Å². The fourth-order valence-corrected chi connectivity index (χ4v) is 1.86. The molecule has 2 aromatic rings. The van der Waals surface area contributed by atoms with Gasteiger partial charge in [-0.3, -0.25) is 19.3 Å². The highest BCUT2D eigenvalue weighted by Crippen LogP contribution is 2.01. The van der Waals surface area contributed by atoms with Crippen LogP contribution in [0, 0.1) is 0 Å². The van der Waals surface area contributed by atoms with E-state index in [0.717, 1.165) is 18.4 Å². The van der Waals surface area contributed by atoms with Gasteiger partial charge >= 0.3 is 0 Å². The van der Waals surface area contributed by atoms with Crippen molar-refractivity contribution < 1.29 is 9.59 Å². The number of carbonyl (C=O) groups excluding carboxylic acids is 2. The van der Waals surface area contributed by atoms with Crippen LogP contribution in [0.15, 0.2) is 30.7 Å². The summed E-state index contributed by atoms with van der Waals surface area (Å²) in [6.07, 6.45) is 6.73. The largest absolute Gasteiger partial charge is 0.366 e. The fourth-order valence-electron chi connectivity index (χ4n) is 1.86. The van der Waals surface area contributed by atoms with Crippen molar-refractivity contribution in [1.82, 2.24) is 20.1 Å². The number of nitrogens with one attached hydrogen (secondary N) is 1. The van der Waals surface area contributed by atoms with Gasteiger partial charge < -0.3 is 11.1 Å². The molecule has 2 amide bonds. The second kappa shape index (κ2) is 6.65. The van der Waals surface area contributed by atoms with Crippen molar-refractivity contribution in [2.45, 2.75) is 12.8 Å². The van der Waals surface area contributed by atoms with Gasteiger partial charge in [0.2, 0.25) is 5.91 Å². The summed E-state index contributed by atoms with van der Waals surface area (Å²) in [6.45, 7) is 0.549. The summed E-state index contributed by atoms with van der Waals surface area (Å²) in [7, 11) is 1.87. The first-order chi connectivity index (χ1) is 10.1. The number of primary amides is 1. The van der Waals surface area contributed by atoms with E-state index in [-0.39, 0.29) is 17.2 Å². The quantitative estimate of drug-likeness (QED) is 0.745. The molecule has 0 atom stereocenters. The maximum absolute atomic E-state index is 11.8. The van der Waals surface area contributed by atoms with Crippen LogP contribution >= 0.6 is 0 Å². The molecule has 2 rings (SSSR count). The number of pyridine rings is 1. The predicted octanol–water partition coefficient (Wildman–Crippen LogP) is 0.277. The topological polar surface area (TPSA) is 103 Å². The lowest BCUT2D eigenvalue weighted by atomic mass is 10.2. The number of aryl methyl sites for hydroxylation is 2. The molecule has 0 aliphatic carbocycles. The Hall–Kier alpha value is -2.70. The van der Waals surface area contributed by atoms with Crippen LogP contribution < -0.4 is 11.1 Å². The number of nitrogens with zero attached hydrogens (tertiary/aromatic N) is 3. The van der Waals surface area contributed by atoms with E-state index in [0.29, 0.717) is 6.54 Å². The average Bonchev–Trinajstić information content (AvgIpc) is 2.89. The summed E-state index contributed by atoms with van der Waals surface area (Å²) in [4.78, 5) is 26.7. The van der Waals surface area contributed by atoms with Gasteiger partial charge in [-0.2, -0.15) is 5.10 Å². The second-order valence-corrected chi connectivity index (χ2v) is 4.68. The van der Waals surface area contributed by atoms with Gasteiger partial charge in [-0.1, -0.05) is 0 Å². The number of hydrogen-bond acceptors (Lipinski definition) is 4. The molecule has 0 saturated heterocycles. The minimum atomic E-state index is -0.564. The summed E-state index contributed by atoms with van der Waals surface area (Å²) in [5.74, 6) is -0.830. The van der Waals surface area contributed by atoms with Crippen LogP contribution in [0.1, 0.15) is 32.8 Å². The highest BCUT2D eigenvalue weighted by atomic mass is 16.2. The van der Waals surface area contributed by atoms with Crippen molar-refractivity contribution in [3.8, 4) is 0 Å². The molecule has 0 fully saturated rings. The SMILES string of the molecule is Cn1cc(CCCNC(=O)c2ccc(C(N)=O)cn2)cn1. The molecule has 3 N–H and O–H groups in total. The Morgan fingerprint density at radius 1 is 1.33 bits per heavy atom. The third-order valence-electron chi connectivity index (χ3n) is 2.97. The molecule has 0 bridgehead atoms. The average molecular weight is 287 g/mol. The molecule has 0 saturated carbocycles. The van der Waals surface area contributed by atoms with Crippen molar-refractivity contribution in [3.05, 3.63) is 47.5 Å². The number of hydrogen-bond donors (Lipinski definition) is 2. The highest BCUT2D eigenvalue weighted by molar-refractivity contribution is 5.95. The molecule has 110 valence electrons. The Balaban J connectivity index is 1.77. The monoisotopic (exact) mass is 287 g/mol. The lowest BCUT2D eigenvalue weighted by molar-refractivity contribution is 0.0945. The Morgan fingerprint density at radius 2 is 2.14 bits per heavy atom. The number of nitrogens with two attached hydrogens (primary N) is 1. The molecule has 7 nitrogen and oxygen atoms in total. The Labute approximate surface area is 122 Å². The third-order valence-corrected chi connectivity index (χ3v) is 2.97. The summed E-state index contributed by atoms with van der Waals surface area (Å²) < 4.78 is 1.75. The van der Waals surface area contributed by atoms with Crippen LogP contribution in [0.25, 0.3) is 0 Å². The van der Waals surface area contributed by atoms with Gasteiger partial charge in [0.05, 0.1) is 11.8 Å². The van der Waals surface area contributed by atoms with E-state index in [1.54, 1.807) is 4.68 Å². The molecule has 7 heteroatoms. The van der Waals surface area contributed by atoms with Gasteiger partial charge in [-0.05, 0) is 30.5 Å². The second-order valence-electron chi connectivity index (χ2n) is 4.68. The van der Waals surface area contributed by atoms with Gasteiger partial charge in [0.1, 0.15) is 5.69 Å². The van der Waals surface area contributed by atoms with E-state index in [1.807, 2.05) is 19.4 Å². The standard InChI is InChI=1S/C14H17N5O2/c1-19-9-10(7-18-19)3-2-6-16-14(21)12-5-4-11(8-17-12)13(15)20/h4-5,7-9H,2-3,6H2,1H3,(H2,15,20)(H,16,21). The normalized spacial score (nSPS) is 10.3. The van der Waals surface area contributed by atoms with Crippen LogP contribution in [-0.4, -0.2) is 33.1 Å². The Kier molecular flexibility index (Phi) is 4.65. The van der Waals surface area contributed by atoms with Crippen LogP contribution in [0.2, 0.25) is 0 Å². The van der Waals surface area contributed by atoms with Gasteiger partial charge in [-0.15, -0.1) is 0 Å². The summed E-state index contributed by atoms with van der Waals surface area (Å²) in [5.41, 5.74) is 6.79. The number of aromatic nitrogens is 3. The molecule has 0 spiro atoms. The van der Waals surface area contributed by atoms with Crippen molar-refractivity contribution in [2.24, 2.45) is 12.8 Å². The summed E-state index contributed by atoms with van der Waals surface area (Å²) in [6, 6.07) is 2.97. The van der Waals surface area contributed by atoms with Gasteiger partial charge in [0.25, 0.3) is 5.91 Å². The Bertz CT molecular complexity index is 633. The predicted molar refractivity (Wildman–Crippen MR) is 76.6 cm³/mol. The first-order valence-corrected chi connectivity index (χ1v) is 6.58. The smallest absolute Gasteiger partial charge is 0.269 e. The van der Waals surface area contributed by atoms with Crippen LogP contribution in [0.4, 0.5) is 0 Å². The molecular formula is C14H17N5O2. The first-order valence-electron chi connectivity index (χ1n) is 6.58. The highest BCUT2D eigenvalue weighted by Gasteiger charge is 2.08. The molecule has 0 aromatic carbocycles. The third kappa shape index (κ3) is 4.13. The lowest BCUT2D eigenvalue weighted by Crippen LogP contribution is -2.26. The minimum Gasteiger partial charge on any atom is -0.366 e. The lowest BCUT2D eigenvalue weighted by Gasteiger charge is -2.04. The van der Waals surface area contributed by atoms with Crippen molar-refractivity contribution in [2.75, 3.05) is 6.54 Å². The zero-order valence-corrected chi connectivity index (χ0v) is 11.7. The van der Waals surface area contributed by atoms with Crippen molar-refractivity contribution in [3.63, 3.8) is 0 Å². The van der Waals surface area contributed by atoms with E-state index in [4.69, 9.17) is 5.73 Å². The molecule has 0 radical (unpaired) electrons. The Morgan fingerprint density at radius 3 is 2.71 bits per heavy atom. The van der Waals surface area contributed by atoms with Crippen molar-refractivity contribution >= 4 is 11.8 Å². The van der Waals surface area contributed by atoms with E-state index in [9.17, 15) is 9.59 Å².